The van der Waals surface area contributed by atoms with Gasteiger partial charge in [-0.25, -0.2) is 14.8 Å². The van der Waals surface area contributed by atoms with E-state index >= 15 is 0 Å². The van der Waals surface area contributed by atoms with Crippen molar-refractivity contribution < 1.29 is 14.4 Å². The number of rotatable bonds is 3. The molecule has 1 unspecified atom stereocenters. The molecule has 1 aliphatic rings. The van der Waals surface area contributed by atoms with Gasteiger partial charge in [-0.3, -0.25) is 14.9 Å². The second-order valence-electron chi connectivity index (χ2n) is 5.36. The summed E-state index contributed by atoms with van der Waals surface area (Å²) in [5.74, 6) is -0.975. The number of hydrogen-bond acceptors (Lipinski definition) is 6. The number of carbonyl (C=O) groups excluding carboxylic acids is 3. The van der Waals surface area contributed by atoms with Gasteiger partial charge in [-0.05, 0) is 24.6 Å². The molecule has 0 aliphatic carbocycles. The van der Waals surface area contributed by atoms with Crippen LogP contribution in [-0.4, -0.2) is 27.8 Å². The average Bonchev–Trinajstić information content (AvgIpc) is 2.81. The Morgan fingerprint density at radius 2 is 2.00 bits per heavy atom. The largest absolute Gasteiger partial charge is 0.382 e. The molecule has 0 saturated carbocycles. The van der Waals surface area contributed by atoms with Gasteiger partial charge in [0.25, 0.3) is 11.8 Å². The fraction of sp³-hybridized carbons (Fsp3) is 0.133. The van der Waals surface area contributed by atoms with E-state index in [1.54, 1.807) is 31.2 Å². The van der Waals surface area contributed by atoms with Crippen molar-refractivity contribution in [3.8, 4) is 0 Å². The Balaban J connectivity index is 1.87. The summed E-state index contributed by atoms with van der Waals surface area (Å²) in [5, 5.41) is 7.39. The number of amides is 4. The molecule has 1 fully saturated rings. The van der Waals surface area contributed by atoms with Crippen LogP contribution in [0.3, 0.4) is 0 Å². The molecule has 5 N–H and O–H groups in total. The van der Waals surface area contributed by atoms with E-state index in [1.165, 1.54) is 12.4 Å². The Morgan fingerprint density at radius 1 is 1.25 bits per heavy atom. The standard InChI is InChI=1S/C15H14N6O3/c1-15(13(23)20-14(24)21-15)8-3-2-4-9(7-8)19-12(22)10-11(16)18-6-5-17-10/h2-7H,1H3,(H2,16,18)(H,19,22)(H2,20,21,23,24). The van der Waals surface area contributed by atoms with Crippen LogP contribution in [0.5, 0.6) is 0 Å². The van der Waals surface area contributed by atoms with Gasteiger partial charge < -0.3 is 16.4 Å². The molecule has 24 heavy (non-hydrogen) atoms. The molecule has 1 atom stereocenters. The second-order valence-corrected chi connectivity index (χ2v) is 5.36. The van der Waals surface area contributed by atoms with Gasteiger partial charge in [-0.1, -0.05) is 12.1 Å². The van der Waals surface area contributed by atoms with Crippen LogP contribution in [0, 0.1) is 0 Å². The number of nitrogens with two attached hydrogens (primary N) is 1. The molecular weight excluding hydrogens is 312 g/mol. The number of anilines is 2. The lowest BCUT2D eigenvalue weighted by molar-refractivity contribution is -0.123. The number of imide groups is 1. The lowest BCUT2D eigenvalue weighted by Crippen LogP contribution is -2.40. The maximum absolute atomic E-state index is 12.2. The van der Waals surface area contributed by atoms with Crippen molar-refractivity contribution in [2.45, 2.75) is 12.5 Å². The number of nitrogens with zero attached hydrogens (tertiary/aromatic N) is 2. The van der Waals surface area contributed by atoms with Crippen LogP contribution < -0.4 is 21.7 Å². The number of nitrogens with one attached hydrogen (secondary N) is 3. The van der Waals surface area contributed by atoms with E-state index in [0.717, 1.165) is 0 Å². The summed E-state index contributed by atoms with van der Waals surface area (Å²) in [6.07, 6.45) is 2.75. The summed E-state index contributed by atoms with van der Waals surface area (Å²) >= 11 is 0. The van der Waals surface area contributed by atoms with Crippen molar-refractivity contribution in [2.24, 2.45) is 0 Å². The molecule has 1 aromatic carbocycles. The fourth-order valence-electron chi connectivity index (χ4n) is 2.37. The zero-order valence-electron chi connectivity index (χ0n) is 12.7. The molecule has 9 heteroatoms. The number of benzene rings is 1. The van der Waals surface area contributed by atoms with E-state index in [1.807, 2.05) is 0 Å². The van der Waals surface area contributed by atoms with Crippen molar-refractivity contribution in [3.05, 3.63) is 47.9 Å². The third-order valence-electron chi connectivity index (χ3n) is 3.68. The van der Waals surface area contributed by atoms with Crippen molar-refractivity contribution in [2.75, 3.05) is 11.1 Å². The highest BCUT2D eigenvalue weighted by Gasteiger charge is 2.43. The van der Waals surface area contributed by atoms with E-state index in [4.69, 9.17) is 5.73 Å². The molecule has 3 rings (SSSR count). The molecule has 0 radical (unpaired) electrons. The average molecular weight is 326 g/mol. The number of carbonyl (C=O) groups is 3. The van der Waals surface area contributed by atoms with Gasteiger partial charge in [0.2, 0.25) is 0 Å². The lowest BCUT2D eigenvalue weighted by atomic mass is 9.92. The van der Waals surface area contributed by atoms with Crippen LogP contribution in [0.25, 0.3) is 0 Å². The minimum atomic E-state index is -1.20. The predicted molar refractivity (Wildman–Crippen MR) is 84.9 cm³/mol. The summed E-state index contributed by atoms with van der Waals surface area (Å²) in [5.41, 5.74) is 5.37. The molecule has 1 aromatic heterocycles. The molecule has 1 aliphatic heterocycles. The van der Waals surface area contributed by atoms with Gasteiger partial charge in [-0.15, -0.1) is 0 Å². The molecule has 0 spiro atoms. The van der Waals surface area contributed by atoms with Crippen LogP contribution in [0.1, 0.15) is 23.0 Å². The highest BCUT2D eigenvalue weighted by Crippen LogP contribution is 2.26. The first kappa shape index (κ1) is 15.4. The van der Waals surface area contributed by atoms with Crippen molar-refractivity contribution >= 4 is 29.4 Å². The van der Waals surface area contributed by atoms with Gasteiger partial charge in [0, 0.05) is 18.1 Å². The van der Waals surface area contributed by atoms with Crippen molar-refractivity contribution in [1.29, 1.82) is 0 Å². The lowest BCUT2D eigenvalue weighted by Gasteiger charge is -2.21. The fourth-order valence-corrected chi connectivity index (χ4v) is 2.37. The minimum Gasteiger partial charge on any atom is -0.382 e. The SMILES string of the molecule is CC1(c2cccc(NC(=O)c3nccnc3N)c2)NC(=O)NC1=O. The Kier molecular flexibility index (Phi) is 3.60. The molecule has 0 bridgehead atoms. The number of hydrogen-bond donors (Lipinski definition) is 4. The zero-order valence-corrected chi connectivity index (χ0v) is 12.7. The quantitative estimate of drug-likeness (QED) is 0.601. The van der Waals surface area contributed by atoms with E-state index < -0.39 is 23.4 Å². The van der Waals surface area contributed by atoms with Gasteiger partial charge in [0.1, 0.15) is 5.54 Å². The van der Waals surface area contributed by atoms with Gasteiger partial charge in [0.15, 0.2) is 11.5 Å². The van der Waals surface area contributed by atoms with Crippen molar-refractivity contribution in [3.63, 3.8) is 0 Å². The van der Waals surface area contributed by atoms with E-state index in [-0.39, 0.29) is 11.5 Å². The summed E-state index contributed by atoms with van der Waals surface area (Å²) in [6.45, 7) is 1.58. The summed E-state index contributed by atoms with van der Waals surface area (Å²) < 4.78 is 0. The van der Waals surface area contributed by atoms with E-state index in [9.17, 15) is 14.4 Å². The Hall–Kier alpha value is -3.49. The van der Waals surface area contributed by atoms with E-state index in [2.05, 4.69) is 25.9 Å². The molecule has 1 saturated heterocycles. The molecule has 122 valence electrons. The second kappa shape index (κ2) is 5.61. The van der Waals surface area contributed by atoms with Crippen LogP contribution >= 0.6 is 0 Å². The first-order valence-corrected chi connectivity index (χ1v) is 7.02. The van der Waals surface area contributed by atoms with Gasteiger partial charge >= 0.3 is 6.03 Å². The molecule has 2 heterocycles. The number of nitrogen functional groups attached to an aromatic ring is 1. The Bertz CT molecular complexity index is 853. The summed E-state index contributed by atoms with van der Waals surface area (Å²) in [7, 11) is 0. The van der Waals surface area contributed by atoms with E-state index in [0.29, 0.717) is 11.3 Å². The zero-order chi connectivity index (χ0) is 17.3. The number of aromatic nitrogens is 2. The predicted octanol–water partition coefficient (Wildman–Crippen LogP) is 0.366. The summed E-state index contributed by atoms with van der Waals surface area (Å²) in [4.78, 5) is 43.3. The maximum Gasteiger partial charge on any atom is 0.322 e. The topological polar surface area (TPSA) is 139 Å². The van der Waals surface area contributed by atoms with Gasteiger partial charge in [-0.2, -0.15) is 0 Å². The third kappa shape index (κ3) is 2.62. The highest BCUT2D eigenvalue weighted by molar-refractivity contribution is 6.08. The van der Waals surface area contributed by atoms with Gasteiger partial charge in [0.05, 0.1) is 0 Å². The monoisotopic (exact) mass is 326 g/mol. The summed E-state index contributed by atoms with van der Waals surface area (Å²) in [6, 6.07) is 6.01. The molecular formula is C15H14N6O3. The maximum atomic E-state index is 12.2. The third-order valence-corrected chi connectivity index (χ3v) is 3.68. The molecule has 2 aromatic rings. The normalized spacial score (nSPS) is 19.5. The van der Waals surface area contributed by atoms with Crippen LogP contribution in [0.4, 0.5) is 16.3 Å². The first-order valence-electron chi connectivity index (χ1n) is 7.02. The smallest absolute Gasteiger partial charge is 0.322 e. The van der Waals surface area contributed by atoms with Crippen LogP contribution in [0.2, 0.25) is 0 Å². The molecule has 9 nitrogen and oxygen atoms in total. The van der Waals surface area contributed by atoms with Crippen LogP contribution in [0.15, 0.2) is 36.7 Å². The van der Waals surface area contributed by atoms with Crippen molar-refractivity contribution in [1.82, 2.24) is 20.6 Å². The molecule has 4 amide bonds. The minimum absolute atomic E-state index is 0.000951. The Labute approximate surface area is 136 Å². The highest BCUT2D eigenvalue weighted by atomic mass is 16.2. The first-order chi connectivity index (χ1) is 11.4. The Morgan fingerprint density at radius 3 is 2.67 bits per heavy atom. The number of urea groups is 1. The van der Waals surface area contributed by atoms with Crippen LogP contribution in [-0.2, 0) is 10.3 Å².